The molecule has 2 aromatic rings. The van der Waals surface area contributed by atoms with E-state index in [1.54, 1.807) is 19.1 Å². The molecule has 0 saturated heterocycles. The molecule has 7 nitrogen and oxygen atoms in total. The van der Waals surface area contributed by atoms with Gasteiger partial charge < -0.3 is 19.5 Å². The number of carbonyl (C=O) groups is 3. The molecular weight excluding hydrogens is 369 g/mol. The highest BCUT2D eigenvalue weighted by Crippen LogP contribution is 2.16. The second-order valence-electron chi connectivity index (χ2n) is 5.64. The molecule has 1 N–H and O–H groups in total. The number of para-hydroxylation sites is 1. The molecule has 0 bridgehead atoms. The normalized spacial score (nSPS) is 11.2. The highest BCUT2D eigenvalue weighted by molar-refractivity contribution is 6.01. The van der Waals surface area contributed by atoms with Crippen molar-refractivity contribution in [2.24, 2.45) is 0 Å². The number of hydrogen-bond acceptors (Lipinski definition) is 6. The van der Waals surface area contributed by atoms with Crippen molar-refractivity contribution in [1.82, 2.24) is 0 Å². The Morgan fingerprint density at radius 3 is 2.39 bits per heavy atom. The Labute approximate surface area is 161 Å². The second-order valence-corrected chi connectivity index (χ2v) is 5.64. The molecule has 0 heterocycles. The van der Waals surface area contributed by atoms with Gasteiger partial charge in [-0.25, -0.2) is 14.0 Å². The Hall–Kier alpha value is -3.42. The zero-order valence-corrected chi connectivity index (χ0v) is 15.4. The fourth-order valence-electron chi connectivity index (χ4n) is 2.18. The maximum Gasteiger partial charge on any atom is 0.347 e. The molecule has 0 aliphatic rings. The van der Waals surface area contributed by atoms with Gasteiger partial charge in [0.1, 0.15) is 11.6 Å². The summed E-state index contributed by atoms with van der Waals surface area (Å²) in [5.41, 5.74) is 0.439. The summed E-state index contributed by atoms with van der Waals surface area (Å²) in [5, 5.41) is 2.50. The molecule has 28 heavy (non-hydrogen) atoms. The van der Waals surface area contributed by atoms with E-state index in [-0.39, 0.29) is 17.9 Å². The summed E-state index contributed by atoms with van der Waals surface area (Å²) in [6.45, 7) is 2.76. The number of hydrogen-bond donors (Lipinski definition) is 1. The molecule has 0 saturated carbocycles. The number of nitrogens with one attached hydrogen (secondary N) is 1. The van der Waals surface area contributed by atoms with Gasteiger partial charge in [-0.05, 0) is 50.2 Å². The van der Waals surface area contributed by atoms with Crippen molar-refractivity contribution >= 4 is 23.5 Å². The van der Waals surface area contributed by atoms with Gasteiger partial charge in [0.25, 0.3) is 5.91 Å². The van der Waals surface area contributed by atoms with Crippen LogP contribution in [0.1, 0.15) is 24.2 Å². The summed E-state index contributed by atoms with van der Waals surface area (Å²) in [6, 6.07) is 11.5. The number of ether oxygens (including phenoxy) is 3. The fourth-order valence-corrected chi connectivity index (χ4v) is 2.18. The predicted octanol–water partition coefficient (Wildman–Crippen LogP) is 2.95. The summed E-state index contributed by atoms with van der Waals surface area (Å²) < 4.78 is 28.0. The van der Waals surface area contributed by atoms with Gasteiger partial charge >= 0.3 is 11.9 Å². The highest BCUT2D eigenvalue weighted by Gasteiger charge is 2.19. The predicted molar refractivity (Wildman–Crippen MR) is 98.5 cm³/mol. The SMILES string of the molecule is CCOC(=O)c1ccccc1NC(=O)COC(=O)[C@@H](C)Oc1ccc(F)cc1. The quantitative estimate of drug-likeness (QED) is 0.698. The van der Waals surface area contributed by atoms with Gasteiger partial charge in [-0.15, -0.1) is 0 Å². The number of benzene rings is 2. The molecule has 0 unspecified atom stereocenters. The van der Waals surface area contributed by atoms with E-state index in [0.717, 1.165) is 0 Å². The molecule has 1 atom stereocenters. The Kier molecular flexibility index (Phi) is 7.50. The molecule has 0 aliphatic carbocycles. The average molecular weight is 389 g/mol. The van der Waals surface area contributed by atoms with Crippen molar-refractivity contribution in [1.29, 1.82) is 0 Å². The fraction of sp³-hybridized carbons (Fsp3) is 0.250. The zero-order chi connectivity index (χ0) is 20.5. The van der Waals surface area contributed by atoms with E-state index in [4.69, 9.17) is 14.2 Å². The molecule has 2 rings (SSSR count). The average Bonchev–Trinajstić information content (AvgIpc) is 2.68. The lowest BCUT2D eigenvalue weighted by atomic mass is 10.2. The number of rotatable bonds is 8. The molecule has 0 spiro atoms. The lowest BCUT2D eigenvalue weighted by Crippen LogP contribution is -2.30. The van der Waals surface area contributed by atoms with Crippen molar-refractivity contribution in [3.8, 4) is 5.75 Å². The molecule has 1 amide bonds. The Balaban J connectivity index is 1.87. The summed E-state index contributed by atoms with van der Waals surface area (Å²) >= 11 is 0. The van der Waals surface area contributed by atoms with Crippen LogP contribution in [0.4, 0.5) is 10.1 Å². The van der Waals surface area contributed by atoms with Gasteiger partial charge in [0, 0.05) is 0 Å². The summed E-state index contributed by atoms with van der Waals surface area (Å²) in [7, 11) is 0. The minimum Gasteiger partial charge on any atom is -0.479 e. The number of esters is 2. The standard InChI is InChI=1S/C20H20FNO6/c1-3-26-20(25)16-6-4-5-7-17(16)22-18(23)12-27-19(24)13(2)28-15-10-8-14(21)9-11-15/h4-11,13H,3,12H2,1-2H3,(H,22,23)/t13-/m1/s1. The van der Waals surface area contributed by atoms with E-state index in [0.29, 0.717) is 5.75 Å². The Morgan fingerprint density at radius 1 is 1.04 bits per heavy atom. The van der Waals surface area contributed by atoms with Crippen molar-refractivity contribution in [2.75, 3.05) is 18.5 Å². The molecular formula is C20H20FNO6. The molecule has 0 fully saturated rings. The van der Waals surface area contributed by atoms with Crippen LogP contribution in [0, 0.1) is 5.82 Å². The van der Waals surface area contributed by atoms with E-state index >= 15 is 0 Å². The minimum absolute atomic E-state index is 0.192. The van der Waals surface area contributed by atoms with Crippen LogP contribution in [0.3, 0.4) is 0 Å². The van der Waals surface area contributed by atoms with E-state index in [2.05, 4.69) is 5.32 Å². The van der Waals surface area contributed by atoms with Gasteiger partial charge in [0.2, 0.25) is 0 Å². The van der Waals surface area contributed by atoms with Crippen LogP contribution in [0.2, 0.25) is 0 Å². The number of anilines is 1. The molecule has 0 aliphatic heterocycles. The molecule has 2 aromatic carbocycles. The highest BCUT2D eigenvalue weighted by atomic mass is 19.1. The van der Waals surface area contributed by atoms with Crippen LogP contribution in [-0.4, -0.2) is 37.2 Å². The second kappa shape index (κ2) is 10.1. The summed E-state index contributed by atoms with van der Waals surface area (Å²) in [6.07, 6.45) is -0.995. The first-order chi connectivity index (χ1) is 13.4. The van der Waals surface area contributed by atoms with Gasteiger partial charge in [0.05, 0.1) is 17.9 Å². The Bertz CT molecular complexity index is 837. The van der Waals surface area contributed by atoms with Crippen LogP contribution in [-0.2, 0) is 19.1 Å². The van der Waals surface area contributed by atoms with Gasteiger partial charge in [-0.1, -0.05) is 12.1 Å². The van der Waals surface area contributed by atoms with Crippen LogP contribution in [0.25, 0.3) is 0 Å². The van der Waals surface area contributed by atoms with E-state index in [9.17, 15) is 18.8 Å². The van der Waals surface area contributed by atoms with E-state index in [1.165, 1.54) is 43.3 Å². The van der Waals surface area contributed by atoms with Crippen molar-refractivity contribution in [2.45, 2.75) is 20.0 Å². The number of halogens is 1. The van der Waals surface area contributed by atoms with Crippen molar-refractivity contribution < 1.29 is 33.0 Å². The smallest absolute Gasteiger partial charge is 0.347 e. The molecule has 0 aromatic heterocycles. The third kappa shape index (κ3) is 6.08. The van der Waals surface area contributed by atoms with Crippen LogP contribution in [0.15, 0.2) is 48.5 Å². The maximum absolute atomic E-state index is 12.9. The minimum atomic E-state index is -0.995. The zero-order valence-electron chi connectivity index (χ0n) is 15.4. The van der Waals surface area contributed by atoms with E-state index in [1.807, 2.05) is 0 Å². The van der Waals surface area contributed by atoms with Crippen LogP contribution >= 0.6 is 0 Å². The number of carbonyl (C=O) groups excluding carboxylic acids is 3. The van der Waals surface area contributed by atoms with Gasteiger partial charge in [-0.2, -0.15) is 0 Å². The molecule has 8 heteroatoms. The summed E-state index contributed by atoms with van der Waals surface area (Å²) in [5.74, 6) is -2.10. The molecule has 0 radical (unpaired) electrons. The third-order valence-corrected chi connectivity index (χ3v) is 3.50. The first-order valence-electron chi connectivity index (χ1n) is 8.55. The largest absolute Gasteiger partial charge is 0.479 e. The van der Waals surface area contributed by atoms with Crippen molar-refractivity contribution in [3.63, 3.8) is 0 Å². The Morgan fingerprint density at radius 2 is 1.71 bits per heavy atom. The van der Waals surface area contributed by atoms with Gasteiger partial charge in [-0.3, -0.25) is 4.79 Å². The first-order valence-corrected chi connectivity index (χ1v) is 8.55. The maximum atomic E-state index is 12.9. The van der Waals surface area contributed by atoms with Crippen LogP contribution in [0.5, 0.6) is 5.75 Å². The van der Waals surface area contributed by atoms with Crippen molar-refractivity contribution in [3.05, 3.63) is 59.9 Å². The van der Waals surface area contributed by atoms with E-state index < -0.39 is 36.4 Å². The molecule has 148 valence electrons. The first kappa shape index (κ1) is 20.9. The third-order valence-electron chi connectivity index (χ3n) is 3.50. The van der Waals surface area contributed by atoms with Crippen LogP contribution < -0.4 is 10.1 Å². The summed E-state index contributed by atoms with van der Waals surface area (Å²) in [4.78, 5) is 35.9. The lowest BCUT2D eigenvalue weighted by molar-refractivity contribution is -0.153. The lowest BCUT2D eigenvalue weighted by Gasteiger charge is -2.14. The van der Waals surface area contributed by atoms with Gasteiger partial charge in [0.15, 0.2) is 12.7 Å². The monoisotopic (exact) mass is 389 g/mol. The topological polar surface area (TPSA) is 90.9 Å². The number of amides is 1.